The van der Waals surface area contributed by atoms with Crippen LogP contribution in [0, 0.1) is 0 Å². The molecular weight excluding hydrogens is 366 g/mol. The molecule has 1 amide bonds. The molecule has 1 atom stereocenters. The monoisotopic (exact) mass is 391 g/mol. The van der Waals surface area contributed by atoms with E-state index in [4.69, 9.17) is 0 Å². The van der Waals surface area contributed by atoms with E-state index in [-0.39, 0.29) is 36.2 Å². The van der Waals surface area contributed by atoms with Crippen molar-refractivity contribution in [2.45, 2.75) is 50.9 Å². The van der Waals surface area contributed by atoms with Gasteiger partial charge in [-0.3, -0.25) is 19.0 Å². The zero-order valence-corrected chi connectivity index (χ0v) is 16.7. The van der Waals surface area contributed by atoms with E-state index in [1.807, 2.05) is 6.92 Å². The first-order valence-electron chi connectivity index (χ1n) is 8.94. The average Bonchev–Trinajstić information content (AvgIpc) is 2.65. The van der Waals surface area contributed by atoms with Crippen LogP contribution in [0.3, 0.4) is 0 Å². The van der Waals surface area contributed by atoms with Gasteiger partial charge in [-0.1, -0.05) is 37.2 Å². The summed E-state index contributed by atoms with van der Waals surface area (Å²) in [6, 6.07) is 7.14. The summed E-state index contributed by atoms with van der Waals surface area (Å²) in [5.41, 5.74) is 0.339. The lowest BCUT2D eigenvalue weighted by atomic mass is 10.2. The van der Waals surface area contributed by atoms with Crippen molar-refractivity contribution in [2.75, 3.05) is 12.9 Å². The van der Waals surface area contributed by atoms with Crippen LogP contribution in [0.15, 0.2) is 34.2 Å². The molecule has 0 bridgehead atoms. The van der Waals surface area contributed by atoms with Gasteiger partial charge < -0.3 is 10.1 Å². The highest BCUT2D eigenvalue weighted by molar-refractivity contribution is 7.99. The highest BCUT2D eigenvalue weighted by Crippen LogP contribution is 2.18. The summed E-state index contributed by atoms with van der Waals surface area (Å²) in [7, 11) is 1.31. The summed E-state index contributed by atoms with van der Waals surface area (Å²) in [6.45, 7) is 4.18. The number of esters is 1. The van der Waals surface area contributed by atoms with Crippen LogP contribution >= 0.6 is 11.8 Å². The summed E-state index contributed by atoms with van der Waals surface area (Å²) < 4.78 is 6.10. The quantitative estimate of drug-likeness (QED) is 0.401. The van der Waals surface area contributed by atoms with E-state index in [1.165, 1.54) is 23.4 Å². The van der Waals surface area contributed by atoms with Gasteiger partial charge in [-0.15, -0.1) is 0 Å². The Morgan fingerprint density at radius 1 is 1.33 bits per heavy atom. The summed E-state index contributed by atoms with van der Waals surface area (Å²) in [5, 5.41) is 3.83. The number of fused-ring (bicyclic) bond motifs is 1. The Bertz CT molecular complexity index is 866. The molecule has 1 unspecified atom stereocenters. The van der Waals surface area contributed by atoms with Crippen molar-refractivity contribution >= 4 is 34.5 Å². The first kappa shape index (κ1) is 21.0. The molecule has 1 N–H and O–H groups in total. The number of amides is 1. The van der Waals surface area contributed by atoms with Gasteiger partial charge in [0.15, 0.2) is 5.16 Å². The predicted octanol–water partition coefficient (Wildman–Crippen LogP) is 2.36. The van der Waals surface area contributed by atoms with Gasteiger partial charge in [-0.25, -0.2) is 4.98 Å². The van der Waals surface area contributed by atoms with Gasteiger partial charge in [0.25, 0.3) is 5.56 Å². The molecule has 0 saturated carbocycles. The number of ether oxygens (including phenoxy) is 1. The van der Waals surface area contributed by atoms with Gasteiger partial charge in [-0.05, 0) is 25.5 Å². The van der Waals surface area contributed by atoms with Crippen molar-refractivity contribution in [2.24, 2.45) is 0 Å². The molecule has 7 nitrogen and oxygen atoms in total. The summed E-state index contributed by atoms with van der Waals surface area (Å²) in [4.78, 5) is 41.0. The van der Waals surface area contributed by atoms with E-state index >= 15 is 0 Å². The van der Waals surface area contributed by atoms with Crippen molar-refractivity contribution in [3.8, 4) is 0 Å². The number of nitrogens with zero attached hydrogens (tertiary/aromatic N) is 2. The fourth-order valence-corrected chi connectivity index (χ4v) is 3.55. The molecule has 146 valence electrons. The Morgan fingerprint density at radius 3 is 2.78 bits per heavy atom. The lowest BCUT2D eigenvalue weighted by molar-refractivity contribution is -0.140. The van der Waals surface area contributed by atoms with Gasteiger partial charge in [0.1, 0.15) is 0 Å². The smallest absolute Gasteiger partial charge is 0.307 e. The molecule has 0 fully saturated rings. The van der Waals surface area contributed by atoms with E-state index in [1.54, 1.807) is 24.3 Å². The Balaban J connectivity index is 2.23. The third kappa shape index (κ3) is 5.82. The number of hydrogen-bond acceptors (Lipinski definition) is 6. The van der Waals surface area contributed by atoms with Crippen LogP contribution in [0.2, 0.25) is 0 Å². The Hall–Kier alpha value is -2.35. The number of hydrogen-bond donors (Lipinski definition) is 1. The minimum absolute atomic E-state index is 0.0592. The molecule has 8 heteroatoms. The van der Waals surface area contributed by atoms with Crippen LogP contribution in [-0.4, -0.2) is 40.3 Å². The number of para-hydroxylation sites is 1. The first-order valence-corrected chi connectivity index (χ1v) is 9.93. The second-order valence-electron chi connectivity index (χ2n) is 6.24. The molecule has 0 aliphatic rings. The average molecular weight is 391 g/mol. The van der Waals surface area contributed by atoms with Crippen LogP contribution < -0.4 is 10.9 Å². The number of methoxy groups -OCH3 is 1. The topological polar surface area (TPSA) is 90.3 Å². The highest BCUT2D eigenvalue weighted by Gasteiger charge is 2.15. The standard InChI is InChI=1S/C19H25N3O4S/c1-4-7-13(2)20-16(23)12-27-19-21-15-9-6-5-8-14(15)18(25)22(19)11-10-17(24)26-3/h5-6,8-9,13H,4,7,10-12H2,1-3H3,(H,20,23). The maximum absolute atomic E-state index is 12.8. The molecule has 27 heavy (non-hydrogen) atoms. The Kier molecular flexibility index (Phi) is 7.84. The van der Waals surface area contributed by atoms with Crippen LogP contribution in [-0.2, 0) is 20.9 Å². The lowest BCUT2D eigenvalue weighted by Crippen LogP contribution is -2.34. The van der Waals surface area contributed by atoms with Crippen molar-refractivity contribution in [3.63, 3.8) is 0 Å². The number of thioether (sulfide) groups is 1. The Morgan fingerprint density at radius 2 is 2.07 bits per heavy atom. The van der Waals surface area contributed by atoms with E-state index in [9.17, 15) is 14.4 Å². The van der Waals surface area contributed by atoms with Gasteiger partial charge in [0.2, 0.25) is 5.91 Å². The fourth-order valence-electron chi connectivity index (χ4n) is 2.71. The summed E-state index contributed by atoms with van der Waals surface area (Å²) in [5.74, 6) is -0.364. The maximum Gasteiger partial charge on any atom is 0.307 e. The number of carbonyl (C=O) groups is 2. The predicted molar refractivity (Wildman–Crippen MR) is 106 cm³/mol. The summed E-state index contributed by atoms with van der Waals surface area (Å²) >= 11 is 1.19. The largest absolute Gasteiger partial charge is 0.469 e. The van der Waals surface area contributed by atoms with Crippen molar-refractivity contribution in [1.29, 1.82) is 0 Å². The van der Waals surface area contributed by atoms with E-state index in [0.29, 0.717) is 16.1 Å². The maximum atomic E-state index is 12.8. The van der Waals surface area contributed by atoms with Crippen LogP contribution in [0.1, 0.15) is 33.1 Å². The molecule has 0 aliphatic heterocycles. The molecule has 0 saturated heterocycles. The first-order chi connectivity index (χ1) is 13.0. The normalized spacial score (nSPS) is 12.0. The minimum Gasteiger partial charge on any atom is -0.469 e. The Labute approximate surface area is 162 Å². The van der Waals surface area contributed by atoms with E-state index < -0.39 is 5.97 Å². The summed E-state index contributed by atoms with van der Waals surface area (Å²) in [6.07, 6.45) is 1.96. The van der Waals surface area contributed by atoms with Gasteiger partial charge in [0.05, 0.1) is 30.2 Å². The van der Waals surface area contributed by atoms with Gasteiger partial charge in [0, 0.05) is 12.6 Å². The number of carbonyl (C=O) groups excluding carboxylic acids is 2. The zero-order valence-electron chi connectivity index (χ0n) is 15.9. The molecule has 0 aliphatic carbocycles. The second-order valence-corrected chi connectivity index (χ2v) is 7.18. The van der Waals surface area contributed by atoms with Crippen LogP contribution in [0.5, 0.6) is 0 Å². The molecule has 2 aromatic rings. The molecule has 1 heterocycles. The molecule has 1 aromatic heterocycles. The molecule has 0 radical (unpaired) electrons. The van der Waals surface area contributed by atoms with E-state index in [2.05, 4.69) is 22.0 Å². The number of benzene rings is 1. The minimum atomic E-state index is -0.405. The van der Waals surface area contributed by atoms with Crippen LogP contribution in [0.25, 0.3) is 10.9 Å². The van der Waals surface area contributed by atoms with Crippen molar-refractivity contribution in [3.05, 3.63) is 34.6 Å². The van der Waals surface area contributed by atoms with Crippen LogP contribution in [0.4, 0.5) is 0 Å². The fraction of sp³-hybridized carbons (Fsp3) is 0.474. The lowest BCUT2D eigenvalue weighted by Gasteiger charge is -2.14. The second kappa shape index (κ2) is 10.1. The molecular formula is C19H25N3O4S. The zero-order chi connectivity index (χ0) is 19.8. The van der Waals surface area contributed by atoms with Crippen molar-refractivity contribution < 1.29 is 14.3 Å². The molecule has 0 spiro atoms. The third-order valence-corrected chi connectivity index (χ3v) is 5.03. The third-order valence-electron chi connectivity index (χ3n) is 4.06. The SMILES string of the molecule is CCCC(C)NC(=O)CSc1nc2ccccc2c(=O)n1CCC(=O)OC. The van der Waals surface area contributed by atoms with Gasteiger partial charge >= 0.3 is 5.97 Å². The van der Waals surface area contributed by atoms with E-state index in [0.717, 1.165) is 12.8 Å². The molecule has 2 rings (SSSR count). The number of rotatable bonds is 9. The van der Waals surface area contributed by atoms with Gasteiger partial charge in [-0.2, -0.15) is 0 Å². The highest BCUT2D eigenvalue weighted by atomic mass is 32.2. The molecule has 1 aromatic carbocycles. The number of nitrogens with one attached hydrogen (secondary N) is 1. The van der Waals surface area contributed by atoms with Crippen molar-refractivity contribution in [1.82, 2.24) is 14.9 Å². The number of aromatic nitrogens is 2.